The first-order valence-corrected chi connectivity index (χ1v) is 16.9. The lowest BCUT2D eigenvalue weighted by molar-refractivity contribution is -0.138. The number of amides is 2. The zero-order valence-electron chi connectivity index (χ0n) is 24.5. The van der Waals surface area contributed by atoms with Crippen LogP contribution in [0.15, 0.2) is 72.8 Å². The Morgan fingerprint density at radius 1 is 0.977 bits per heavy atom. The van der Waals surface area contributed by atoms with E-state index in [0.717, 1.165) is 22.9 Å². The molecule has 0 bridgehead atoms. The number of hydrogen-bond donors (Lipinski definition) is 3. The van der Waals surface area contributed by atoms with Gasteiger partial charge in [0.2, 0.25) is 21.8 Å². The zero-order chi connectivity index (χ0) is 31.3. The number of fused-ring (bicyclic) bond motifs is 1. The van der Waals surface area contributed by atoms with Crippen LogP contribution in [0, 0.1) is 5.82 Å². The van der Waals surface area contributed by atoms with E-state index in [1.807, 2.05) is 41.3 Å². The molecule has 0 radical (unpaired) electrons. The van der Waals surface area contributed by atoms with Gasteiger partial charge < -0.3 is 15.5 Å². The van der Waals surface area contributed by atoms with Crippen molar-refractivity contribution in [1.82, 2.24) is 25.2 Å². The molecule has 1 unspecified atom stereocenters. The minimum Gasteiger partial charge on any atom is -0.343 e. The van der Waals surface area contributed by atoms with Crippen LogP contribution in [-0.2, 0) is 39.0 Å². The molecule has 12 heteroatoms. The van der Waals surface area contributed by atoms with Gasteiger partial charge in [0, 0.05) is 56.3 Å². The molecule has 3 aromatic carbocycles. The second kappa shape index (κ2) is 14.2. The molecule has 2 aliphatic heterocycles. The van der Waals surface area contributed by atoms with Crippen LogP contribution in [-0.4, -0.2) is 81.1 Å². The maximum Gasteiger partial charge on any atom is 0.245 e. The zero-order valence-corrected chi connectivity index (χ0v) is 26.1. The Hall–Kier alpha value is -3.35. The van der Waals surface area contributed by atoms with E-state index in [4.69, 9.17) is 11.6 Å². The third-order valence-corrected chi connectivity index (χ3v) is 9.18. The summed E-state index contributed by atoms with van der Waals surface area (Å²) in [6, 6.07) is 19.7. The first kappa shape index (κ1) is 32.1. The lowest BCUT2D eigenvalue weighted by atomic mass is 9.95. The monoisotopic (exact) mass is 641 g/mol. The van der Waals surface area contributed by atoms with Crippen molar-refractivity contribution in [2.75, 3.05) is 39.0 Å². The SMILES string of the molecule is CS(=O)(=O)NCC(c1ccccc1F)N1CCN(C(=O)[C@@H](Cc2ccc(Cl)cc2)NC(=O)[C@H]2Cc3ccccc3CN2)CC1. The van der Waals surface area contributed by atoms with Crippen LogP contribution in [0.3, 0.4) is 0 Å². The molecular weight excluding hydrogens is 605 g/mol. The van der Waals surface area contributed by atoms with Crippen LogP contribution >= 0.6 is 11.6 Å². The molecule has 44 heavy (non-hydrogen) atoms. The van der Waals surface area contributed by atoms with Crippen LogP contribution in [0.2, 0.25) is 5.02 Å². The van der Waals surface area contributed by atoms with Crippen molar-refractivity contribution in [3.8, 4) is 0 Å². The van der Waals surface area contributed by atoms with E-state index >= 15 is 0 Å². The first-order chi connectivity index (χ1) is 21.1. The normalized spacial score (nSPS) is 18.7. The molecule has 9 nitrogen and oxygen atoms in total. The minimum atomic E-state index is -3.50. The van der Waals surface area contributed by atoms with Crippen LogP contribution in [0.5, 0.6) is 0 Å². The van der Waals surface area contributed by atoms with Crippen molar-refractivity contribution < 1.29 is 22.4 Å². The lowest BCUT2D eigenvalue weighted by Gasteiger charge is -2.40. The summed E-state index contributed by atoms with van der Waals surface area (Å²) in [5, 5.41) is 6.89. The van der Waals surface area contributed by atoms with Gasteiger partial charge in [-0.1, -0.05) is 66.2 Å². The molecule has 234 valence electrons. The summed E-state index contributed by atoms with van der Waals surface area (Å²) >= 11 is 6.08. The second-order valence-electron chi connectivity index (χ2n) is 11.3. The topological polar surface area (TPSA) is 111 Å². The summed E-state index contributed by atoms with van der Waals surface area (Å²) in [4.78, 5) is 31.1. The molecule has 5 rings (SSSR count). The predicted octanol–water partition coefficient (Wildman–Crippen LogP) is 2.66. The average molecular weight is 642 g/mol. The smallest absolute Gasteiger partial charge is 0.245 e. The van der Waals surface area contributed by atoms with Gasteiger partial charge in [-0.3, -0.25) is 14.5 Å². The van der Waals surface area contributed by atoms with E-state index in [1.165, 1.54) is 6.07 Å². The highest BCUT2D eigenvalue weighted by atomic mass is 35.5. The third kappa shape index (κ3) is 8.22. The van der Waals surface area contributed by atoms with E-state index in [1.54, 1.807) is 35.2 Å². The average Bonchev–Trinajstić information content (AvgIpc) is 3.02. The van der Waals surface area contributed by atoms with Gasteiger partial charge in [-0.2, -0.15) is 0 Å². The van der Waals surface area contributed by atoms with Crippen LogP contribution in [0.25, 0.3) is 0 Å². The Kier molecular flexibility index (Phi) is 10.3. The molecule has 3 atom stereocenters. The Balaban J connectivity index is 1.29. The largest absolute Gasteiger partial charge is 0.343 e. The van der Waals surface area contributed by atoms with Crippen LogP contribution in [0.1, 0.15) is 28.3 Å². The van der Waals surface area contributed by atoms with Gasteiger partial charge in [0.25, 0.3) is 0 Å². The molecule has 0 aliphatic carbocycles. The number of halogens is 2. The molecule has 0 spiro atoms. The van der Waals surface area contributed by atoms with Crippen molar-refractivity contribution >= 4 is 33.4 Å². The Bertz CT molecular complexity index is 1580. The number of rotatable bonds is 10. The highest BCUT2D eigenvalue weighted by Gasteiger charge is 2.34. The quantitative estimate of drug-likeness (QED) is 0.314. The molecule has 1 saturated heterocycles. The summed E-state index contributed by atoms with van der Waals surface area (Å²) in [6.07, 6.45) is 1.89. The summed E-state index contributed by atoms with van der Waals surface area (Å²) in [7, 11) is -3.50. The molecule has 2 aliphatic rings. The van der Waals surface area contributed by atoms with Gasteiger partial charge in [-0.25, -0.2) is 17.5 Å². The van der Waals surface area contributed by atoms with Crippen molar-refractivity contribution in [1.29, 1.82) is 0 Å². The number of carbonyl (C=O) groups excluding carboxylic acids is 2. The van der Waals surface area contributed by atoms with Gasteiger partial charge in [-0.15, -0.1) is 0 Å². The fourth-order valence-corrected chi connectivity index (χ4v) is 6.44. The van der Waals surface area contributed by atoms with Gasteiger partial charge >= 0.3 is 0 Å². The number of nitrogens with zero attached hydrogens (tertiary/aromatic N) is 2. The first-order valence-electron chi connectivity index (χ1n) is 14.6. The number of benzene rings is 3. The maximum atomic E-state index is 14.8. The van der Waals surface area contributed by atoms with Crippen molar-refractivity contribution in [2.45, 2.75) is 37.5 Å². The second-order valence-corrected chi connectivity index (χ2v) is 13.6. The van der Waals surface area contributed by atoms with Crippen molar-refractivity contribution in [2.24, 2.45) is 0 Å². The summed E-state index contributed by atoms with van der Waals surface area (Å²) in [6.45, 7) is 2.05. The molecule has 2 amide bonds. The lowest BCUT2D eigenvalue weighted by Crippen LogP contribution is -2.58. The van der Waals surface area contributed by atoms with Crippen LogP contribution in [0.4, 0.5) is 4.39 Å². The Morgan fingerprint density at radius 3 is 2.32 bits per heavy atom. The fourth-order valence-electron chi connectivity index (χ4n) is 5.85. The van der Waals surface area contributed by atoms with Gasteiger partial charge in [-0.05, 0) is 41.3 Å². The number of hydrogen-bond acceptors (Lipinski definition) is 6. The molecule has 3 N–H and O–H groups in total. The number of nitrogens with one attached hydrogen (secondary N) is 3. The minimum absolute atomic E-state index is 0.000475. The van der Waals surface area contributed by atoms with Crippen LogP contribution < -0.4 is 15.4 Å². The summed E-state index contributed by atoms with van der Waals surface area (Å²) in [5.41, 5.74) is 3.51. The predicted molar refractivity (Wildman–Crippen MR) is 168 cm³/mol. The maximum absolute atomic E-state index is 14.8. The van der Waals surface area contributed by atoms with E-state index in [0.29, 0.717) is 56.2 Å². The molecule has 3 aromatic rings. The standard InChI is InChI=1S/C32H37ClFN5O4S/c1-44(42,43)36-21-30(26-8-4-5-9-27(26)34)38-14-16-39(17-15-38)32(41)29(18-22-10-12-25(33)13-11-22)37-31(40)28-19-23-6-2-3-7-24(23)20-35-28/h2-13,28-30,35-36H,14-21H2,1H3,(H,37,40)/t28-,29-,30?/m1/s1. The molecular formula is C32H37ClFN5O4S. The molecule has 0 saturated carbocycles. The highest BCUT2D eigenvalue weighted by Crippen LogP contribution is 2.25. The molecule has 1 fully saturated rings. The van der Waals surface area contributed by atoms with Gasteiger partial charge in [0.1, 0.15) is 11.9 Å². The summed E-state index contributed by atoms with van der Waals surface area (Å²) < 4.78 is 41.0. The third-order valence-electron chi connectivity index (χ3n) is 8.24. The van der Waals surface area contributed by atoms with Gasteiger partial charge in [0.15, 0.2) is 0 Å². The van der Waals surface area contributed by atoms with E-state index in [9.17, 15) is 22.4 Å². The Morgan fingerprint density at radius 2 is 1.64 bits per heavy atom. The van der Waals surface area contributed by atoms with E-state index in [2.05, 4.69) is 15.4 Å². The van der Waals surface area contributed by atoms with Gasteiger partial charge in [0.05, 0.1) is 18.3 Å². The molecule has 0 aromatic heterocycles. The van der Waals surface area contributed by atoms with E-state index in [-0.39, 0.29) is 18.4 Å². The number of piperazine rings is 1. The van der Waals surface area contributed by atoms with E-state index < -0.39 is 34.0 Å². The number of sulfonamides is 1. The Labute approximate surface area is 262 Å². The molecule has 2 heterocycles. The highest BCUT2D eigenvalue weighted by molar-refractivity contribution is 7.88. The van der Waals surface area contributed by atoms with Crippen molar-refractivity contribution in [3.05, 3.63) is 106 Å². The number of carbonyl (C=O) groups is 2. The fraction of sp³-hybridized carbons (Fsp3) is 0.375. The van der Waals surface area contributed by atoms with Crippen molar-refractivity contribution in [3.63, 3.8) is 0 Å². The summed E-state index contributed by atoms with van der Waals surface area (Å²) in [5.74, 6) is -0.867.